The molecule has 0 aliphatic carbocycles. The highest BCUT2D eigenvalue weighted by atomic mass is 16.5. The summed E-state index contributed by atoms with van der Waals surface area (Å²) >= 11 is 0. The van der Waals surface area contributed by atoms with Gasteiger partial charge in [0.05, 0.1) is 0 Å². The number of hydrogen-bond acceptors (Lipinski definition) is 3. The molecule has 0 unspecified atom stereocenters. The minimum absolute atomic E-state index is 0.175. The monoisotopic (exact) mass is 480 g/mol. The summed E-state index contributed by atoms with van der Waals surface area (Å²) in [4.78, 5) is 26.6. The molecule has 1 aliphatic rings. The van der Waals surface area contributed by atoms with Crippen LogP contribution in [0.5, 0.6) is 0 Å². The highest BCUT2D eigenvalue weighted by molar-refractivity contribution is 6.13. The first-order chi connectivity index (χ1) is 18.2. The van der Waals surface area contributed by atoms with Gasteiger partial charge in [0.2, 0.25) is 0 Å². The molecule has 0 spiro atoms. The molecule has 1 aliphatic heterocycles. The molecule has 0 saturated carbocycles. The largest absolute Gasteiger partial charge is 0.456 e. The van der Waals surface area contributed by atoms with Crippen LogP contribution in [0.4, 0.5) is 0 Å². The predicted molar refractivity (Wildman–Crippen MR) is 148 cm³/mol. The van der Waals surface area contributed by atoms with E-state index >= 15 is 0 Å². The van der Waals surface area contributed by atoms with Crippen LogP contribution in [0.15, 0.2) is 157 Å². The third-order valence-electron chi connectivity index (χ3n) is 5.96. The van der Waals surface area contributed by atoms with Gasteiger partial charge in [-0.1, -0.05) is 121 Å². The van der Waals surface area contributed by atoms with Crippen molar-refractivity contribution in [2.75, 3.05) is 0 Å². The van der Waals surface area contributed by atoms with E-state index in [9.17, 15) is 9.59 Å². The molecule has 0 aromatic heterocycles. The van der Waals surface area contributed by atoms with Gasteiger partial charge < -0.3 is 4.74 Å². The van der Waals surface area contributed by atoms with Gasteiger partial charge in [-0.15, -0.1) is 0 Å². The molecule has 4 aromatic rings. The number of ether oxygens (including phenoxy) is 1. The molecular formula is C34H24O3. The van der Waals surface area contributed by atoms with E-state index in [1.54, 1.807) is 30.3 Å². The van der Waals surface area contributed by atoms with Crippen LogP contribution < -0.4 is 0 Å². The molecule has 4 aromatic carbocycles. The Labute approximate surface area is 216 Å². The molecule has 0 amide bonds. The van der Waals surface area contributed by atoms with Crippen LogP contribution in [0.25, 0.3) is 11.5 Å². The lowest BCUT2D eigenvalue weighted by molar-refractivity contribution is 0.103. The van der Waals surface area contributed by atoms with Crippen LogP contribution in [0.2, 0.25) is 0 Å². The lowest BCUT2D eigenvalue weighted by Crippen LogP contribution is -2.08. The van der Waals surface area contributed by atoms with Gasteiger partial charge in [-0.3, -0.25) is 9.59 Å². The molecule has 3 heteroatoms. The smallest absolute Gasteiger partial charge is 0.193 e. The Morgan fingerprint density at radius 1 is 0.514 bits per heavy atom. The van der Waals surface area contributed by atoms with E-state index in [0.29, 0.717) is 33.8 Å². The van der Waals surface area contributed by atoms with E-state index in [2.05, 4.69) is 0 Å². The molecule has 0 radical (unpaired) electrons. The van der Waals surface area contributed by atoms with Gasteiger partial charge in [0, 0.05) is 27.8 Å². The predicted octanol–water partition coefficient (Wildman–Crippen LogP) is 7.72. The Morgan fingerprint density at radius 3 is 1.43 bits per heavy atom. The third-order valence-corrected chi connectivity index (χ3v) is 5.96. The number of allylic oxidation sites excluding steroid dienone is 6. The highest BCUT2D eigenvalue weighted by Gasteiger charge is 2.20. The first-order valence-corrected chi connectivity index (χ1v) is 12.0. The van der Waals surface area contributed by atoms with E-state index < -0.39 is 0 Å². The van der Waals surface area contributed by atoms with Crippen molar-refractivity contribution in [2.45, 2.75) is 0 Å². The fourth-order valence-electron chi connectivity index (χ4n) is 4.05. The van der Waals surface area contributed by atoms with Crippen molar-refractivity contribution in [3.8, 4) is 0 Å². The van der Waals surface area contributed by atoms with Gasteiger partial charge in [-0.2, -0.15) is 0 Å². The number of carbonyl (C=O) groups excluding carboxylic acids is 2. The van der Waals surface area contributed by atoms with E-state index in [1.807, 2.05) is 109 Å². The summed E-state index contributed by atoms with van der Waals surface area (Å²) in [6.45, 7) is 0. The number of Topliss-reactive ketones (excluding diaryl/α,β-unsaturated/α-hetero) is 1. The Bertz CT molecular complexity index is 1470. The summed E-state index contributed by atoms with van der Waals surface area (Å²) in [5, 5.41) is 0. The lowest BCUT2D eigenvalue weighted by atomic mass is 9.94. The van der Waals surface area contributed by atoms with E-state index in [0.717, 1.165) is 11.1 Å². The van der Waals surface area contributed by atoms with E-state index in [4.69, 9.17) is 4.74 Å². The minimum atomic E-state index is -0.179. The van der Waals surface area contributed by atoms with Crippen molar-refractivity contribution >= 4 is 23.1 Å². The Hall–Kier alpha value is -5.02. The van der Waals surface area contributed by atoms with Crippen molar-refractivity contribution in [2.24, 2.45) is 0 Å². The van der Waals surface area contributed by atoms with Gasteiger partial charge >= 0.3 is 0 Å². The number of rotatable bonds is 7. The normalized spacial score (nSPS) is 12.9. The summed E-state index contributed by atoms with van der Waals surface area (Å²) in [6.07, 6.45) is 6.79. The summed E-state index contributed by atoms with van der Waals surface area (Å²) in [7, 11) is 0. The second-order valence-electron chi connectivity index (χ2n) is 8.48. The number of carbonyl (C=O) groups is 2. The van der Waals surface area contributed by atoms with Gasteiger partial charge in [0.1, 0.15) is 11.5 Å². The molecule has 0 saturated heterocycles. The topological polar surface area (TPSA) is 43.4 Å². The van der Waals surface area contributed by atoms with Crippen LogP contribution in [-0.4, -0.2) is 11.6 Å². The molecular weight excluding hydrogens is 456 g/mol. The zero-order valence-corrected chi connectivity index (χ0v) is 20.1. The molecule has 0 atom stereocenters. The lowest BCUT2D eigenvalue weighted by Gasteiger charge is -2.20. The summed E-state index contributed by atoms with van der Waals surface area (Å²) in [5.41, 5.74) is 3.94. The molecule has 37 heavy (non-hydrogen) atoms. The van der Waals surface area contributed by atoms with Crippen LogP contribution in [-0.2, 0) is 4.74 Å². The van der Waals surface area contributed by atoms with Crippen LogP contribution in [0.1, 0.15) is 31.8 Å². The highest BCUT2D eigenvalue weighted by Crippen LogP contribution is 2.34. The van der Waals surface area contributed by atoms with Crippen molar-refractivity contribution in [1.82, 2.24) is 0 Å². The average molecular weight is 481 g/mol. The summed E-state index contributed by atoms with van der Waals surface area (Å²) < 4.78 is 6.31. The second-order valence-corrected chi connectivity index (χ2v) is 8.48. The molecule has 0 N–H and O–H groups in total. The summed E-state index contributed by atoms with van der Waals surface area (Å²) in [5.74, 6) is 0.893. The maximum Gasteiger partial charge on any atom is 0.193 e. The number of benzene rings is 4. The number of ketones is 2. The Balaban J connectivity index is 1.67. The first-order valence-electron chi connectivity index (χ1n) is 12.0. The van der Waals surface area contributed by atoms with Crippen LogP contribution in [0.3, 0.4) is 0 Å². The zero-order valence-electron chi connectivity index (χ0n) is 20.1. The maximum absolute atomic E-state index is 13.8. The van der Waals surface area contributed by atoms with Gasteiger partial charge in [0.15, 0.2) is 11.6 Å². The molecule has 178 valence electrons. The van der Waals surface area contributed by atoms with Crippen molar-refractivity contribution in [3.63, 3.8) is 0 Å². The first kappa shape index (κ1) is 23.7. The van der Waals surface area contributed by atoms with Crippen LogP contribution >= 0.6 is 0 Å². The van der Waals surface area contributed by atoms with Gasteiger partial charge in [-0.25, -0.2) is 0 Å². The fourth-order valence-corrected chi connectivity index (χ4v) is 4.05. The number of hydrogen-bond donors (Lipinski definition) is 0. The quantitative estimate of drug-likeness (QED) is 0.201. The van der Waals surface area contributed by atoms with E-state index in [-0.39, 0.29) is 11.6 Å². The minimum Gasteiger partial charge on any atom is -0.456 e. The van der Waals surface area contributed by atoms with Crippen LogP contribution in [0, 0.1) is 0 Å². The molecule has 0 bridgehead atoms. The zero-order chi connectivity index (χ0) is 25.5. The standard InChI is InChI=1S/C34H24O3/c35-31(25-13-5-1-6-14-25)22-21-30(34(36)28-19-11-4-12-20-28)29-23-32(26-15-7-2-8-16-26)37-33(24-29)27-17-9-3-10-18-27/h1-24H. The summed E-state index contributed by atoms with van der Waals surface area (Å²) in [6, 6.07) is 37.6. The SMILES string of the molecule is O=C(C=CC(C(=O)c1ccccc1)=C1C=C(c2ccccc2)OC(c2ccccc2)=C1)c1ccccc1. The molecule has 1 heterocycles. The maximum atomic E-state index is 13.8. The van der Waals surface area contributed by atoms with Crippen molar-refractivity contribution in [3.05, 3.63) is 179 Å². The van der Waals surface area contributed by atoms with Gasteiger partial charge in [0.25, 0.3) is 0 Å². The Morgan fingerprint density at radius 2 is 0.946 bits per heavy atom. The Kier molecular flexibility index (Phi) is 7.14. The van der Waals surface area contributed by atoms with Crippen molar-refractivity contribution < 1.29 is 14.3 Å². The molecule has 0 fully saturated rings. The third kappa shape index (κ3) is 5.63. The molecule has 3 nitrogen and oxygen atoms in total. The van der Waals surface area contributed by atoms with Crippen molar-refractivity contribution in [1.29, 1.82) is 0 Å². The van der Waals surface area contributed by atoms with Gasteiger partial charge in [-0.05, 0) is 29.9 Å². The molecule has 5 rings (SSSR count). The average Bonchev–Trinajstić information content (AvgIpc) is 2.98. The fraction of sp³-hybridized carbons (Fsp3) is 0. The van der Waals surface area contributed by atoms with E-state index in [1.165, 1.54) is 6.08 Å². The second kappa shape index (κ2) is 11.1.